The van der Waals surface area contributed by atoms with Gasteiger partial charge in [0.25, 0.3) is 0 Å². The molecule has 9 atom stereocenters. The number of aliphatic hydroxyl groups is 1. The van der Waals surface area contributed by atoms with E-state index in [2.05, 4.69) is 0 Å². The minimum Gasteiger partial charge on any atom is -0.390 e. The van der Waals surface area contributed by atoms with Gasteiger partial charge in [-0.25, -0.2) is 8.78 Å². The van der Waals surface area contributed by atoms with Gasteiger partial charge in [-0.3, -0.25) is 14.4 Å². The van der Waals surface area contributed by atoms with Gasteiger partial charge in [-0.15, -0.1) is 0 Å². The lowest BCUT2D eigenvalue weighted by molar-refractivity contribution is -0.268. The first-order valence-electron chi connectivity index (χ1n) is 13.0. The molecule has 0 bridgehead atoms. The van der Waals surface area contributed by atoms with E-state index in [1.165, 1.54) is 25.2 Å². The molecule has 37 heavy (non-hydrogen) atoms. The van der Waals surface area contributed by atoms with Crippen LogP contribution in [0.4, 0.5) is 8.78 Å². The maximum atomic E-state index is 17.4. The van der Waals surface area contributed by atoms with E-state index >= 15 is 8.78 Å². The van der Waals surface area contributed by atoms with Crippen LogP contribution < -0.4 is 0 Å². The fourth-order valence-corrected chi connectivity index (χ4v) is 8.99. The number of ketones is 2. The van der Waals surface area contributed by atoms with Gasteiger partial charge < -0.3 is 5.11 Å². The lowest BCUT2D eigenvalue weighted by Crippen LogP contribution is -2.70. The van der Waals surface area contributed by atoms with Gasteiger partial charge in [-0.2, -0.15) is 5.06 Å². The molecular formula is C29H32ClF2NO4. The summed E-state index contributed by atoms with van der Waals surface area (Å²) in [7, 11) is 0. The monoisotopic (exact) mass is 531 g/mol. The minimum absolute atomic E-state index is 0.0111. The van der Waals surface area contributed by atoms with Gasteiger partial charge >= 0.3 is 0 Å². The lowest BCUT2D eigenvalue weighted by Gasteiger charge is -2.63. The predicted molar refractivity (Wildman–Crippen MR) is 134 cm³/mol. The predicted octanol–water partition coefficient (Wildman–Crippen LogP) is 4.96. The van der Waals surface area contributed by atoms with Gasteiger partial charge in [0.05, 0.1) is 6.10 Å². The highest BCUT2D eigenvalue weighted by Gasteiger charge is 2.79. The van der Waals surface area contributed by atoms with Crippen LogP contribution in [0.5, 0.6) is 0 Å². The SMILES string of the molecule is CC(=O)[C@@]12ON(Cc3ccc(Cl)cc3)C[C@@H]1C[C@H]1[C@@H]3C[C@H](F)C4=CC(=O)C=C[C@]4(C)[C@@]3(F)[C@@H](O)C[C@@]12C. The van der Waals surface area contributed by atoms with Gasteiger partial charge in [-0.05, 0) is 74.4 Å². The van der Waals surface area contributed by atoms with Crippen LogP contribution in [-0.4, -0.2) is 51.8 Å². The number of hydrogen-bond donors (Lipinski definition) is 1. The van der Waals surface area contributed by atoms with E-state index in [-0.39, 0.29) is 41.8 Å². The van der Waals surface area contributed by atoms with Crippen molar-refractivity contribution in [2.45, 2.75) is 70.1 Å². The van der Waals surface area contributed by atoms with Crippen molar-refractivity contribution < 1.29 is 28.3 Å². The standard InChI is InChI=1S/C29H32ClF2NO4/c1-16(34)29-18(15-33(37-29)14-17-4-6-19(30)7-5-17)10-21-22-12-24(31)23-11-20(35)8-9-26(23,2)28(22,32)25(36)13-27(21,29)3/h4-9,11,18,21-22,24-25,36H,10,12-15H2,1-3H3/t18-,21-,22-,24-,25-,26-,27-,28-,29+/m0/s1. The highest BCUT2D eigenvalue weighted by molar-refractivity contribution is 6.30. The molecule has 0 radical (unpaired) electrons. The molecule has 1 saturated heterocycles. The van der Waals surface area contributed by atoms with E-state index in [9.17, 15) is 14.7 Å². The fourth-order valence-electron chi connectivity index (χ4n) is 8.87. The number of benzene rings is 1. The summed E-state index contributed by atoms with van der Waals surface area (Å²) in [6.07, 6.45) is 1.33. The van der Waals surface area contributed by atoms with Crippen LogP contribution in [0.15, 0.2) is 48.1 Å². The average molecular weight is 532 g/mol. The molecule has 4 aliphatic carbocycles. The summed E-state index contributed by atoms with van der Waals surface area (Å²) in [5.74, 6) is -1.93. The van der Waals surface area contributed by atoms with Crippen LogP contribution in [0.3, 0.4) is 0 Å². The summed E-state index contributed by atoms with van der Waals surface area (Å²) in [6.45, 7) is 5.95. The van der Waals surface area contributed by atoms with Crippen LogP contribution >= 0.6 is 11.6 Å². The second-order valence-corrected chi connectivity index (χ2v) is 12.6. The molecule has 5 nitrogen and oxygen atoms in total. The van der Waals surface area contributed by atoms with Gasteiger partial charge in [0, 0.05) is 40.8 Å². The third-order valence-electron chi connectivity index (χ3n) is 10.5. The van der Waals surface area contributed by atoms with Crippen LogP contribution in [0.2, 0.25) is 5.02 Å². The molecule has 0 spiro atoms. The Kier molecular flexibility index (Phi) is 5.51. The smallest absolute Gasteiger partial charge is 0.178 e. The summed E-state index contributed by atoms with van der Waals surface area (Å²) < 4.78 is 33.0. The molecule has 198 valence electrons. The number of rotatable bonds is 3. The van der Waals surface area contributed by atoms with E-state index in [0.29, 0.717) is 24.5 Å². The fraction of sp³-hybridized carbons (Fsp3) is 0.586. The molecule has 0 unspecified atom stereocenters. The van der Waals surface area contributed by atoms with Crippen LogP contribution in [-0.2, 0) is 21.0 Å². The minimum atomic E-state index is -2.16. The van der Waals surface area contributed by atoms with Crippen LogP contribution in [0.25, 0.3) is 0 Å². The number of aliphatic hydroxyl groups excluding tert-OH is 1. The van der Waals surface area contributed by atoms with Crippen molar-refractivity contribution in [1.82, 2.24) is 5.06 Å². The zero-order valence-corrected chi connectivity index (χ0v) is 22.0. The molecule has 4 fully saturated rings. The van der Waals surface area contributed by atoms with Crippen molar-refractivity contribution in [3.05, 3.63) is 58.7 Å². The normalized spacial score (nSPS) is 46.6. The third kappa shape index (κ3) is 3.11. The van der Waals surface area contributed by atoms with E-state index in [0.717, 1.165) is 5.56 Å². The lowest BCUT2D eigenvalue weighted by atomic mass is 9.44. The molecule has 0 aromatic heterocycles. The second-order valence-electron chi connectivity index (χ2n) is 12.1. The molecule has 8 heteroatoms. The molecule has 1 aromatic rings. The summed E-state index contributed by atoms with van der Waals surface area (Å²) in [5.41, 5.74) is -4.63. The highest BCUT2D eigenvalue weighted by atomic mass is 35.5. The summed E-state index contributed by atoms with van der Waals surface area (Å²) in [6, 6.07) is 7.42. The number of Topliss-reactive ketones (excluding diaryl/α,β-unsaturated/α-hetero) is 1. The molecule has 1 heterocycles. The van der Waals surface area contributed by atoms with Crippen molar-refractivity contribution in [3.63, 3.8) is 0 Å². The van der Waals surface area contributed by atoms with Crippen molar-refractivity contribution in [2.75, 3.05) is 6.54 Å². The molecule has 5 aliphatic rings. The van der Waals surface area contributed by atoms with E-state index in [1.54, 1.807) is 24.1 Å². The number of hydroxylamine groups is 2. The van der Waals surface area contributed by atoms with Crippen molar-refractivity contribution in [2.24, 2.45) is 28.6 Å². The quantitative estimate of drug-likeness (QED) is 0.597. The highest BCUT2D eigenvalue weighted by Crippen LogP contribution is 2.72. The van der Waals surface area contributed by atoms with E-state index < -0.39 is 40.3 Å². The van der Waals surface area contributed by atoms with Gasteiger partial charge in [-0.1, -0.05) is 36.7 Å². The molecular weight excluding hydrogens is 500 g/mol. The van der Waals surface area contributed by atoms with Gasteiger partial charge in [0.1, 0.15) is 6.17 Å². The molecule has 0 amide bonds. The van der Waals surface area contributed by atoms with Crippen LogP contribution in [0.1, 0.15) is 45.6 Å². The Hall–Kier alpha value is -1.93. The first-order valence-corrected chi connectivity index (χ1v) is 13.4. The number of carbonyl (C=O) groups is 2. The van der Waals surface area contributed by atoms with Crippen molar-refractivity contribution >= 4 is 23.2 Å². The second kappa shape index (κ2) is 8.04. The van der Waals surface area contributed by atoms with E-state index in [1.807, 2.05) is 19.1 Å². The Bertz CT molecular complexity index is 1230. The van der Waals surface area contributed by atoms with Crippen molar-refractivity contribution in [1.29, 1.82) is 0 Å². The number of nitrogens with zero attached hydrogens (tertiary/aromatic N) is 1. The zero-order chi connectivity index (χ0) is 26.5. The van der Waals surface area contributed by atoms with Crippen molar-refractivity contribution in [3.8, 4) is 0 Å². The topological polar surface area (TPSA) is 66.8 Å². The molecule has 1 N–H and O–H groups in total. The largest absolute Gasteiger partial charge is 0.390 e. The number of allylic oxidation sites excluding steroid dienone is 4. The number of fused-ring (bicyclic) bond motifs is 7. The average Bonchev–Trinajstić information content (AvgIpc) is 3.31. The zero-order valence-electron chi connectivity index (χ0n) is 21.2. The van der Waals surface area contributed by atoms with Crippen LogP contribution in [0, 0.1) is 28.6 Å². The maximum absolute atomic E-state index is 17.4. The first kappa shape index (κ1) is 25.4. The Morgan fingerprint density at radius 2 is 1.92 bits per heavy atom. The third-order valence-corrected chi connectivity index (χ3v) is 10.7. The Morgan fingerprint density at radius 1 is 1.22 bits per heavy atom. The Labute approximate surface area is 220 Å². The van der Waals surface area contributed by atoms with Gasteiger partial charge in [0.15, 0.2) is 22.8 Å². The maximum Gasteiger partial charge on any atom is 0.178 e. The summed E-state index contributed by atoms with van der Waals surface area (Å²) >= 11 is 6.02. The molecule has 1 aromatic carbocycles. The van der Waals surface area contributed by atoms with E-state index in [4.69, 9.17) is 16.4 Å². The number of carbonyl (C=O) groups excluding carboxylic acids is 2. The summed E-state index contributed by atoms with van der Waals surface area (Å²) in [4.78, 5) is 32.0. The molecule has 6 rings (SSSR count). The summed E-state index contributed by atoms with van der Waals surface area (Å²) in [5, 5.41) is 14.0. The molecule has 1 aliphatic heterocycles. The first-order chi connectivity index (χ1) is 17.4. The number of hydrogen-bond acceptors (Lipinski definition) is 5. The number of halogens is 3. The Morgan fingerprint density at radius 3 is 2.59 bits per heavy atom. The molecule has 3 saturated carbocycles. The Balaban J connectivity index is 1.38. The number of alkyl halides is 2. The van der Waals surface area contributed by atoms with Gasteiger partial charge in [0.2, 0.25) is 0 Å².